The number of fused-ring (bicyclic) bond motifs is 2. The summed E-state index contributed by atoms with van der Waals surface area (Å²) in [6, 6.07) is 8.99. The van der Waals surface area contributed by atoms with Gasteiger partial charge in [0.25, 0.3) is 0 Å². The van der Waals surface area contributed by atoms with Crippen molar-refractivity contribution < 1.29 is 23.8 Å². The van der Waals surface area contributed by atoms with E-state index in [1.807, 2.05) is 24.3 Å². The molecule has 0 saturated carbocycles. The minimum Gasteiger partial charge on any atom is -0.465 e. The van der Waals surface area contributed by atoms with Crippen LogP contribution in [0.25, 0.3) is 22.0 Å². The summed E-state index contributed by atoms with van der Waals surface area (Å²) in [7, 11) is 2.50. The molecule has 0 atom stereocenters. The largest absolute Gasteiger partial charge is 0.465 e. The lowest BCUT2D eigenvalue weighted by Gasteiger charge is -2.22. The van der Waals surface area contributed by atoms with Crippen LogP contribution >= 0.6 is 0 Å². The Balaban J connectivity index is 2.21. The topological polar surface area (TPSA) is 87.6 Å². The van der Waals surface area contributed by atoms with Crippen LogP contribution in [0.4, 0.5) is 0 Å². The van der Waals surface area contributed by atoms with E-state index in [1.165, 1.54) is 14.2 Å². The first-order valence-corrected chi connectivity index (χ1v) is 7.84. The van der Waals surface area contributed by atoms with E-state index in [4.69, 9.17) is 14.2 Å². The molecule has 7 heteroatoms. The molecule has 1 aromatic heterocycles. The van der Waals surface area contributed by atoms with Gasteiger partial charge >= 0.3 is 11.9 Å². The summed E-state index contributed by atoms with van der Waals surface area (Å²) in [4.78, 5) is 33.5. The zero-order chi connectivity index (χ0) is 18.4. The molecule has 2 aromatic carbocycles. The molecular weight excluding hydrogens is 336 g/mol. The van der Waals surface area contributed by atoms with Gasteiger partial charge in [0.05, 0.1) is 30.7 Å². The van der Waals surface area contributed by atoms with E-state index in [1.54, 1.807) is 13.0 Å². The maximum Gasteiger partial charge on any atom is 0.340 e. The number of hydrogen-bond acceptors (Lipinski definition) is 7. The van der Waals surface area contributed by atoms with Crippen molar-refractivity contribution in [3.63, 3.8) is 0 Å². The number of ether oxygens (including phenoxy) is 3. The minimum atomic E-state index is -0.681. The Morgan fingerprint density at radius 3 is 2.46 bits per heavy atom. The molecule has 26 heavy (non-hydrogen) atoms. The molecule has 0 radical (unpaired) electrons. The number of nitrogens with zero attached hydrogens (tertiary/aromatic N) is 2. The number of carbonyl (C=O) groups is 2. The lowest BCUT2D eigenvalue weighted by atomic mass is 9.92. The Morgan fingerprint density at radius 1 is 1.00 bits per heavy atom. The maximum absolute atomic E-state index is 12.4. The molecule has 4 rings (SSSR count). The van der Waals surface area contributed by atoms with Crippen molar-refractivity contribution in [3.8, 4) is 22.8 Å². The first-order chi connectivity index (χ1) is 12.5. The van der Waals surface area contributed by atoms with E-state index in [9.17, 15) is 9.59 Å². The average molecular weight is 350 g/mol. The zero-order valence-electron chi connectivity index (χ0n) is 14.3. The van der Waals surface area contributed by atoms with Gasteiger partial charge < -0.3 is 14.2 Å². The van der Waals surface area contributed by atoms with Crippen LogP contribution in [0.1, 0.15) is 26.5 Å². The molecule has 0 amide bonds. The number of benzene rings is 2. The van der Waals surface area contributed by atoms with Gasteiger partial charge in [-0.2, -0.15) is 4.98 Å². The number of para-hydroxylation sites is 1. The quantitative estimate of drug-likeness (QED) is 0.513. The van der Waals surface area contributed by atoms with Crippen molar-refractivity contribution in [2.75, 3.05) is 14.2 Å². The number of rotatable bonds is 2. The predicted octanol–water partition coefficient (Wildman–Crippen LogP) is 3.28. The first-order valence-electron chi connectivity index (χ1n) is 7.84. The van der Waals surface area contributed by atoms with Gasteiger partial charge in [-0.15, -0.1) is 0 Å². The third-order valence-electron chi connectivity index (χ3n) is 4.23. The van der Waals surface area contributed by atoms with Crippen LogP contribution < -0.4 is 4.74 Å². The molecule has 0 bridgehead atoms. The number of methoxy groups -OCH3 is 2. The van der Waals surface area contributed by atoms with Crippen LogP contribution in [0.3, 0.4) is 0 Å². The summed E-state index contributed by atoms with van der Waals surface area (Å²) in [5.74, 6) is 0.0269. The van der Waals surface area contributed by atoms with Gasteiger partial charge in [-0.25, -0.2) is 14.6 Å². The van der Waals surface area contributed by atoms with Gasteiger partial charge in [-0.3, -0.25) is 0 Å². The van der Waals surface area contributed by atoms with Crippen molar-refractivity contribution in [1.82, 2.24) is 9.97 Å². The molecule has 0 fully saturated rings. The summed E-state index contributed by atoms with van der Waals surface area (Å²) in [5.41, 5.74) is 1.89. The number of aromatic nitrogens is 2. The lowest BCUT2D eigenvalue weighted by Crippen LogP contribution is -2.15. The van der Waals surface area contributed by atoms with Gasteiger partial charge in [-0.05, 0) is 19.1 Å². The third-order valence-corrected chi connectivity index (χ3v) is 4.23. The molecule has 0 saturated heterocycles. The van der Waals surface area contributed by atoms with Crippen molar-refractivity contribution in [2.24, 2.45) is 0 Å². The van der Waals surface area contributed by atoms with E-state index in [0.717, 1.165) is 5.56 Å². The SMILES string of the molecule is COC(=O)c1cc2c3c(nc(C)nc3c1C(=O)OC)Oc1ccccc1-2. The van der Waals surface area contributed by atoms with Gasteiger partial charge in [0.2, 0.25) is 5.88 Å². The van der Waals surface area contributed by atoms with Crippen LogP contribution in [0.2, 0.25) is 0 Å². The number of esters is 2. The molecule has 1 aliphatic heterocycles. The fourth-order valence-corrected chi connectivity index (χ4v) is 3.13. The number of aryl methyl sites for hydroxylation is 1. The molecule has 3 aromatic rings. The van der Waals surface area contributed by atoms with Crippen LogP contribution in [0.5, 0.6) is 11.6 Å². The van der Waals surface area contributed by atoms with Gasteiger partial charge in [0, 0.05) is 11.1 Å². The van der Waals surface area contributed by atoms with E-state index < -0.39 is 11.9 Å². The molecule has 130 valence electrons. The Bertz CT molecular complexity index is 1090. The summed E-state index contributed by atoms with van der Waals surface area (Å²) in [6.07, 6.45) is 0. The average Bonchev–Trinajstić information content (AvgIpc) is 2.66. The van der Waals surface area contributed by atoms with Gasteiger partial charge in [-0.1, -0.05) is 18.2 Å². The molecule has 7 nitrogen and oxygen atoms in total. The molecule has 2 heterocycles. The van der Waals surface area contributed by atoms with Crippen LogP contribution in [0.15, 0.2) is 30.3 Å². The maximum atomic E-state index is 12.4. The highest BCUT2D eigenvalue weighted by atomic mass is 16.5. The van der Waals surface area contributed by atoms with Crippen molar-refractivity contribution >= 4 is 22.8 Å². The van der Waals surface area contributed by atoms with Crippen molar-refractivity contribution in [2.45, 2.75) is 6.92 Å². The van der Waals surface area contributed by atoms with Crippen molar-refractivity contribution in [1.29, 1.82) is 0 Å². The van der Waals surface area contributed by atoms with Crippen LogP contribution in [0, 0.1) is 6.92 Å². The smallest absolute Gasteiger partial charge is 0.340 e. The van der Waals surface area contributed by atoms with Crippen LogP contribution in [-0.2, 0) is 9.47 Å². The van der Waals surface area contributed by atoms with E-state index in [0.29, 0.717) is 33.9 Å². The lowest BCUT2D eigenvalue weighted by molar-refractivity contribution is 0.0557. The fourth-order valence-electron chi connectivity index (χ4n) is 3.13. The first kappa shape index (κ1) is 16.0. The monoisotopic (exact) mass is 350 g/mol. The van der Waals surface area contributed by atoms with Gasteiger partial charge in [0.15, 0.2) is 0 Å². The van der Waals surface area contributed by atoms with E-state index in [-0.39, 0.29) is 11.1 Å². The molecule has 0 N–H and O–H groups in total. The van der Waals surface area contributed by atoms with Crippen molar-refractivity contribution in [3.05, 3.63) is 47.3 Å². The normalized spacial score (nSPS) is 11.5. The predicted molar refractivity (Wildman–Crippen MR) is 92.5 cm³/mol. The second-order valence-corrected chi connectivity index (χ2v) is 5.73. The zero-order valence-corrected chi connectivity index (χ0v) is 14.3. The Kier molecular flexibility index (Phi) is 3.57. The van der Waals surface area contributed by atoms with E-state index in [2.05, 4.69) is 9.97 Å². The molecule has 0 aliphatic carbocycles. The Labute approximate surface area is 148 Å². The molecular formula is C19H14N2O5. The summed E-state index contributed by atoms with van der Waals surface area (Å²) in [6.45, 7) is 1.69. The molecule has 0 spiro atoms. The Morgan fingerprint density at radius 2 is 1.73 bits per heavy atom. The highest BCUT2D eigenvalue weighted by molar-refractivity contribution is 6.17. The standard InChI is InChI=1S/C19H14N2O5/c1-9-20-16-14-11(8-12(18(22)24-2)15(16)19(23)25-3)10-6-4-5-7-13(10)26-17(14)21-9/h4-8H,1-3H3. The molecule has 0 unspecified atom stereocenters. The highest BCUT2D eigenvalue weighted by Crippen LogP contribution is 2.46. The number of carbonyl (C=O) groups excluding carboxylic acids is 2. The van der Waals surface area contributed by atoms with Crippen LogP contribution in [-0.4, -0.2) is 36.1 Å². The summed E-state index contributed by atoms with van der Waals surface area (Å²) >= 11 is 0. The third kappa shape index (κ3) is 2.21. The fraction of sp³-hybridized carbons (Fsp3) is 0.158. The second kappa shape index (κ2) is 5.80. The highest BCUT2D eigenvalue weighted by Gasteiger charge is 2.30. The Hall–Kier alpha value is -3.48. The molecule has 1 aliphatic rings. The summed E-state index contributed by atoms with van der Waals surface area (Å²) in [5, 5.41) is 0.558. The summed E-state index contributed by atoms with van der Waals surface area (Å²) < 4.78 is 15.6. The number of hydrogen-bond donors (Lipinski definition) is 0. The minimum absolute atomic E-state index is 0.0350. The van der Waals surface area contributed by atoms with E-state index >= 15 is 0 Å². The van der Waals surface area contributed by atoms with Gasteiger partial charge in [0.1, 0.15) is 17.1 Å². The second-order valence-electron chi connectivity index (χ2n) is 5.73.